The molecule has 0 aliphatic heterocycles. The molecule has 0 aromatic rings. The molecule has 4 unspecified atom stereocenters. The molecule has 0 saturated heterocycles. The molecular formula is C20H35N5O8. The predicted molar refractivity (Wildman–Crippen MR) is 116 cm³/mol. The number of carbonyl (C=O) groups excluding carboxylic acids is 4. The topological polar surface area (TPSA) is 231 Å². The lowest BCUT2D eigenvalue weighted by Crippen LogP contribution is -2.58. The third kappa shape index (κ3) is 12.4. The molecule has 0 aliphatic carbocycles. The third-order valence-electron chi connectivity index (χ3n) is 4.43. The van der Waals surface area contributed by atoms with Crippen LogP contribution >= 0.6 is 0 Å². The zero-order valence-electron chi connectivity index (χ0n) is 19.3. The van der Waals surface area contributed by atoms with E-state index < -0.39 is 72.6 Å². The second-order valence-electron chi connectivity index (χ2n) is 8.66. The van der Waals surface area contributed by atoms with E-state index in [9.17, 15) is 33.9 Å². The van der Waals surface area contributed by atoms with Crippen LogP contribution in [0.3, 0.4) is 0 Å². The predicted octanol–water partition coefficient (Wildman–Crippen LogP) is -1.70. The van der Waals surface area contributed by atoms with Gasteiger partial charge in [0.2, 0.25) is 23.6 Å². The Balaban J connectivity index is 5.54. The van der Waals surface area contributed by atoms with Gasteiger partial charge in [-0.1, -0.05) is 27.7 Å². The Morgan fingerprint density at radius 2 is 1.12 bits per heavy atom. The minimum atomic E-state index is -1.60. The van der Waals surface area contributed by atoms with Crippen LogP contribution in [0, 0.1) is 11.8 Å². The molecular weight excluding hydrogens is 438 g/mol. The Kier molecular flexibility index (Phi) is 12.7. The van der Waals surface area contributed by atoms with Gasteiger partial charge in [0.1, 0.15) is 18.1 Å². The molecule has 0 saturated carbocycles. The van der Waals surface area contributed by atoms with Crippen molar-refractivity contribution in [1.82, 2.24) is 16.0 Å². The zero-order chi connectivity index (χ0) is 25.9. The Morgan fingerprint density at radius 1 is 0.697 bits per heavy atom. The van der Waals surface area contributed by atoms with Gasteiger partial charge in [0.25, 0.3) is 0 Å². The van der Waals surface area contributed by atoms with E-state index >= 15 is 0 Å². The molecule has 0 aromatic heterocycles. The number of rotatable bonds is 15. The first-order valence-corrected chi connectivity index (χ1v) is 10.5. The monoisotopic (exact) mass is 473 g/mol. The van der Waals surface area contributed by atoms with E-state index in [2.05, 4.69) is 16.0 Å². The molecule has 188 valence electrons. The molecule has 13 heteroatoms. The average Bonchev–Trinajstić information content (AvgIpc) is 2.64. The molecule has 0 aliphatic rings. The Bertz CT molecular complexity index is 740. The van der Waals surface area contributed by atoms with Crippen molar-refractivity contribution in [3.05, 3.63) is 0 Å². The number of nitrogens with two attached hydrogens (primary N) is 2. The van der Waals surface area contributed by atoms with E-state index in [1.165, 1.54) is 0 Å². The standard InChI is InChI=1S/C20H35N5O8/c1-9(2)5-11(21)17(29)23-13(8-16(27)28)19(31)24-12(7-15(22)26)18(30)25-14(20(32)33)6-10(3)4/h9-14H,5-8,21H2,1-4H3,(H2,22,26)(H,23,29)(H,24,31)(H,25,30)(H,27,28)(H,32,33). The average molecular weight is 474 g/mol. The van der Waals surface area contributed by atoms with Gasteiger partial charge in [-0.15, -0.1) is 0 Å². The second-order valence-corrected chi connectivity index (χ2v) is 8.66. The van der Waals surface area contributed by atoms with Crippen LogP contribution in [0.25, 0.3) is 0 Å². The molecule has 0 rings (SSSR count). The summed E-state index contributed by atoms with van der Waals surface area (Å²) in [5.74, 6) is -6.53. The molecule has 9 N–H and O–H groups in total. The first-order valence-electron chi connectivity index (χ1n) is 10.5. The lowest BCUT2D eigenvalue weighted by molar-refractivity contribution is -0.143. The van der Waals surface area contributed by atoms with Crippen LogP contribution in [0.4, 0.5) is 0 Å². The van der Waals surface area contributed by atoms with E-state index in [1.807, 2.05) is 13.8 Å². The second kappa shape index (κ2) is 14.0. The van der Waals surface area contributed by atoms with Gasteiger partial charge in [-0.2, -0.15) is 0 Å². The Labute approximate surface area is 192 Å². The van der Waals surface area contributed by atoms with Crippen molar-refractivity contribution >= 4 is 35.6 Å². The minimum Gasteiger partial charge on any atom is -0.481 e. The van der Waals surface area contributed by atoms with Gasteiger partial charge in [0.15, 0.2) is 0 Å². The van der Waals surface area contributed by atoms with Gasteiger partial charge >= 0.3 is 11.9 Å². The van der Waals surface area contributed by atoms with E-state index in [1.54, 1.807) is 13.8 Å². The fourth-order valence-electron chi connectivity index (χ4n) is 2.93. The summed E-state index contributed by atoms with van der Waals surface area (Å²) < 4.78 is 0. The van der Waals surface area contributed by atoms with E-state index in [0.29, 0.717) is 0 Å². The smallest absolute Gasteiger partial charge is 0.326 e. The number of carboxylic acids is 2. The number of primary amides is 1. The number of aliphatic carboxylic acids is 2. The molecule has 0 bridgehead atoms. The van der Waals surface area contributed by atoms with Crippen LogP contribution in [-0.4, -0.2) is 69.9 Å². The molecule has 4 atom stereocenters. The number of hydrogen-bond donors (Lipinski definition) is 7. The molecule has 4 amide bonds. The van der Waals surface area contributed by atoms with Crippen molar-refractivity contribution in [2.24, 2.45) is 23.3 Å². The molecule has 0 fully saturated rings. The van der Waals surface area contributed by atoms with E-state index in [-0.39, 0.29) is 24.7 Å². The summed E-state index contributed by atoms with van der Waals surface area (Å²) in [6.07, 6.45) is -1.12. The lowest BCUT2D eigenvalue weighted by Gasteiger charge is -2.24. The van der Waals surface area contributed by atoms with Crippen LogP contribution in [0.5, 0.6) is 0 Å². The molecule has 0 radical (unpaired) electrons. The number of carboxylic acid groups (broad SMARTS) is 2. The summed E-state index contributed by atoms with van der Waals surface area (Å²) in [7, 11) is 0. The van der Waals surface area contributed by atoms with E-state index in [4.69, 9.17) is 16.6 Å². The summed E-state index contributed by atoms with van der Waals surface area (Å²) >= 11 is 0. The maximum absolute atomic E-state index is 12.7. The number of hydrogen-bond acceptors (Lipinski definition) is 7. The normalized spacial score (nSPS) is 14.6. The highest BCUT2D eigenvalue weighted by atomic mass is 16.4. The summed E-state index contributed by atoms with van der Waals surface area (Å²) in [5, 5.41) is 25.0. The van der Waals surface area contributed by atoms with Crippen molar-refractivity contribution < 1.29 is 39.0 Å². The fourth-order valence-corrected chi connectivity index (χ4v) is 2.93. The van der Waals surface area contributed by atoms with Crippen LogP contribution in [0.1, 0.15) is 53.4 Å². The molecule has 13 nitrogen and oxygen atoms in total. The highest BCUT2D eigenvalue weighted by Gasteiger charge is 2.32. The zero-order valence-corrected chi connectivity index (χ0v) is 19.3. The van der Waals surface area contributed by atoms with Crippen molar-refractivity contribution in [3.8, 4) is 0 Å². The van der Waals surface area contributed by atoms with Gasteiger partial charge in [-0.25, -0.2) is 4.79 Å². The minimum absolute atomic E-state index is 0.0640. The van der Waals surface area contributed by atoms with Gasteiger partial charge in [-0.3, -0.25) is 24.0 Å². The Hall–Kier alpha value is -3.22. The van der Waals surface area contributed by atoms with Crippen LogP contribution in [0.15, 0.2) is 0 Å². The summed E-state index contributed by atoms with van der Waals surface area (Å²) in [5.41, 5.74) is 10.9. The van der Waals surface area contributed by atoms with Gasteiger partial charge < -0.3 is 37.6 Å². The van der Waals surface area contributed by atoms with Gasteiger partial charge in [0.05, 0.1) is 18.9 Å². The van der Waals surface area contributed by atoms with Gasteiger partial charge in [-0.05, 0) is 24.7 Å². The van der Waals surface area contributed by atoms with Crippen LogP contribution in [-0.2, 0) is 28.8 Å². The quantitative estimate of drug-likeness (QED) is 0.143. The first kappa shape index (κ1) is 29.8. The third-order valence-corrected chi connectivity index (χ3v) is 4.43. The summed E-state index contributed by atoms with van der Waals surface area (Å²) in [4.78, 5) is 71.5. The molecule has 0 spiro atoms. The lowest BCUT2D eigenvalue weighted by atomic mass is 10.0. The van der Waals surface area contributed by atoms with Crippen LogP contribution in [0.2, 0.25) is 0 Å². The summed E-state index contributed by atoms with van der Waals surface area (Å²) in [6.45, 7) is 7.14. The fraction of sp³-hybridized carbons (Fsp3) is 0.700. The van der Waals surface area contributed by atoms with Crippen molar-refractivity contribution in [2.45, 2.75) is 77.5 Å². The number of amides is 4. The summed E-state index contributed by atoms with van der Waals surface area (Å²) in [6, 6.07) is -5.46. The maximum Gasteiger partial charge on any atom is 0.326 e. The van der Waals surface area contributed by atoms with Crippen molar-refractivity contribution in [1.29, 1.82) is 0 Å². The highest BCUT2D eigenvalue weighted by molar-refractivity contribution is 5.97. The van der Waals surface area contributed by atoms with Crippen molar-refractivity contribution in [2.75, 3.05) is 0 Å². The first-order chi connectivity index (χ1) is 15.1. The molecule has 0 aromatic carbocycles. The number of nitrogens with one attached hydrogen (secondary N) is 3. The van der Waals surface area contributed by atoms with Crippen LogP contribution < -0.4 is 27.4 Å². The largest absolute Gasteiger partial charge is 0.481 e. The Morgan fingerprint density at radius 3 is 1.52 bits per heavy atom. The van der Waals surface area contributed by atoms with Crippen molar-refractivity contribution in [3.63, 3.8) is 0 Å². The molecule has 33 heavy (non-hydrogen) atoms. The maximum atomic E-state index is 12.7. The highest BCUT2D eigenvalue weighted by Crippen LogP contribution is 2.07. The number of carbonyl (C=O) groups is 6. The van der Waals surface area contributed by atoms with E-state index in [0.717, 1.165) is 0 Å². The SMILES string of the molecule is CC(C)CC(N)C(=O)NC(CC(=O)O)C(=O)NC(CC(N)=O)C(=O)NC(CC(C)C)C(=O)O. The molecule has 0 heterocycles. The van der Waals surface area contributed by atoms with Gasteiger partial charge in [0, 0.05) is 0 Å².